The zero-order valence-corrected chi connectivity index (χ0v) is 10.7. The molecule has 0 amide bonds. The Bertz CT molecular complexity index is 613. The lowest BCUT2D eigenvalue weighted by Gasteiger charge is -2.12. The molecule has 19 heavy (non-hydrogen) atoms. The van der Waals surface area contributed by atoms with Crippen molar-refractivity contribution in [2.75, 3.05) is 12.4 Å². The van der Waals surface area contributed by atoms with Crippen molar-refractivity contribution in [2.45, 2.75) is 13.0 Å². The molecule has 0 radical (unpaired) electrons. The summed E-state index contributed by atoms with van der Waals surface area (Å²) >= 11 is 0. The summed E-state index contributed by atoms with van der Waals surface area (Å²) in [6.45, 7) is 1.73. The lowest BCUT2D eigenvalue weighted by Crippen LogP contribution is -2.27. The summed E-state index contributed by atoms with van der Waals surface area (Å²) in [6.07, 6.45) is 0. The number of hydrogen-bond donors (Lipinski definition) is 3. The van der Waals surface area contributed by atoms with Gasteiger partial charge in [-0.05, 0) is 24.6 Å². The Morgan fingerprint density at radius 1 is 1.26 bits per heavy atom. The minimum atomic E-state index is -0.414. The van der Waals surface area contributed by atoms with Crippen LogP contribution in [0.3, 0.4) is 0 Å². The van der Waals surface area contributed by atoms with Crippen LogP contribution in [-0.2, 0) is 9.53 Å². The van der Waals surface area contributed by atoms with E-state index in [-0.39, 0.29) is 11.5 Å². The van der Waals surface area contributed by atoms with Gasteiger partial charge in [-0.3, -0.25) is 15.0 Å². The maximum absolute atomic E-state index is 11.3. The van der Waals surface area contributed by atoms with Crippen LogP contribution in [0.4, 0.5) is 5.69 Å². The van der Waals surface area contributed by atoms with Gasteiger partial charge in [-0.15, -0.1) is 0 Å². The average Bonchev–Trinajstić information content (AvgIpc) is 2.85. The molecule has 0 aliphatic carbocycles. The Morgan fingerprint density at radius 2 is 1.95 bits per heavy atom. The van der Waals surface area contributed by atoms with Crippen LogP contribution in [0.1, 0.15) is 6.92 Å². The molecule has 6 heteroatoms. The Labute approximate surface area is 109 Å². The van der Waals surface area contributed by atoms with Crippen molar-refractivity contribution in [3.8, 4) is 11.3 Å². The van der Waals surface area contributed by atoms with Gasteiger partial charge in [0.2, 0.25) is 0 Å². The number of H-pyrrole nitrogens is 2. The number of nitrogens with one attached hydrogen (secondary N) is 3. The fourth-order valence-electron chi connectivity index (χ4n) is 1.72. The second-order valence-corrected chi connectivity index (χ2v) is 4.14. The molecule has 2 rings (SSSR count). The summed E-state index contributed by atoms with van der Waals surface area (Å²) in [5, 5.41) is 8.28. The topological polar surface area (TPSA) is 87.0 Å². The van der Waals surface area contributed by atoms with E-state index in [1.165, 1.54) is 13.2 Å². The Hall–Kier alpha value is -2.50. The number of aromatic amines is 2. The molecule has 0 saturated heterocycles. The quantitative estimate of drug-likeness (QED) is 0.725. The molecule has 1 unspecified atom stereocenters. The van der Waals surface area contributed by atoms with Crippen LogP contribution in [0, 0.1) is 0 Å². The van der Waals surface area contributed by atoms with Gasteiger partial charge < -0.3 is 10.1 Å². The first-order chi connectivity index (χ1) is 9.10. The number of benzene rings is 1. The number of hydrogen-bond acceptors (Lipinski definition) is 4. The number of methoxy groups -OCH3 is 1. The van der Waals surface area contributed by atoms with Crippen LogP contribution in [0.15, 0.2) is 35.1 Å². The number of ether oxygens (including phenoxy) is 1. The zero-order valence-electron chi connectivity index (χ0n) is 10.7. The van der Waals surface area contributed by atoms with Crippen molar-refractivity contribution in [1.82, 2.24) is 10.2 Å². The number of anilines is 1. The molecule has 0 fully saturated rings. The highest BCUT2D eigenvalue weighted by molar-refractivity contribution is 5.78. The first-order valence-electron chi connectivity index (χ1n) is 5.82. The van der Waals surface area contributed by atoms with E-state index in [0.717, 1.165) is 16.9 Å². The highest BCUT2D eigenvalue weighted by atomic mass is 16.5. The van der Waals surface area contributed by atoms with Gasteiger partial charge in [0.05, 0.1) is 12.8 Å². The summed E-state index contributed by atoms with van der Waals surface area (Å²) in [4.78, 5) is 22.3. The van der Waals surface area contributed by atoms with Crippen molar-refractivity contribution >= 4 is 11.7 Å². The highest BCUT2D eigenvalue weighted by Gasteiger charge is 2.12. The Morgan fingerprint density at radius 3 is 2.47 bits per heavy atom. The van der Waals surface area contributed by atoms with Gasteiger partial charge in [0.1, 0.15) is 6.04 Å². The van der Waals surface area contributed by atoms with Crippen molar-refractivity contribution in [3.63, 3.8) is 0 Å². The molecule has 0 aliphatic heterocycles. The van der Waals surface area contributed by atoms with E-state index in [0.29, 0.717) is 0 Å². The molecule has 3 N–H and O–H groups in total. The van der Waals surface area contributed by atoms with Crippen LogP contribution in [0.25, 0.3) is 11.3 Å². The number of aromatic nitrogens is 2. The molecule has 0 bridgehead atoms. The van der Waals surface area contributed by atoms with Gasteiger partial charge in [-0.1, -0.05) is 12.1 Å². The van der Waals surface area contributed by atoms with Crippen molar-refractivity contribution in [1.29, 1.82) is 0 Å². The predicted octanol–water partition coefficient (Wildman–Crippen LogP) is 1.34. The zero-order chi connectivity index (χ0) is 13.8. The molecule has 1 heterocycles. The molecule has 0 saturated carbocycles. The Balaban J connectivity index is 2.10. The third-order valence-corrected chi connectivity index (χ3v) is 2.73. The van der Waals surface area contributed by atoms with Gasteiger partial charge >= 0.3 is 5.97 Å². The van der Waals surface area contributed by atoms with E-state index in [4.69, 9.17) is 0 Å². The molecule has 1 aromatic carbocycles. The van der Waals surface area contributed by atoms with E-state index >= 15 is 0 Å². The predicted molar refractivity (Wildman–Crippen MR) is 72.0 cm³/mol. The minimum Gasteiger partial charge on any atom is -0.467 e. The number of carbonyl (C=O) groups is 1. The molecule has 2 aromatic rings. The molecule has 6 nitrogen and oxygen atoms in total. The molecule has 1 aromatic heterocycles. The number of rotatable bonds is 4. The molecule has 0 spiro atoms. The maximum atomic E-state index is 11.3. The second kappa shape index (κ2) is 5.43. The van der Waals surface area contributed by atoms with Gasteiger partial charge in [0.15, 0.2) is 0 Å². The lowest BCUT2D eigenvalue weighted by atomic mass is 10.1. The SMILES string of the molecule is COC(=O)C(C)Nc1ccc(-c2cc(=O)[nH][nH]2)cc1. The van der Waals surface area contributed by atoms with Crippen molar-refractivity contribution < 1.29 is 9.53 Å². The fraction of sp³-hybridized carbons (Fsp3) is 0.231. The molecule has 0 aliphatic rings. The largest absolute Gasteiger partial charge is 0.467 e. The third kappa shape index (κ3) is 3.04. The van der Waals surface area contributed by atoms with E-state index in [9.17, 15) is 9.59 Å². The average molecular weight is 261 g/mol. The molecular weight excluding hydrogens is 246 g/mol. The standard InChI is InChI=1S/C13H15N3O3/c1-8(13(18)19-2)14-10-5-3-9(4-6-10)11-7-12(17)16-15-11/h3-8,14H,1-2H3,(H2,15,16,17). The van der Waals surface area contributed by atoms with Gasteiger partial charge in [0, 0.05) is 11.8 Å². The van der Waals surface area contributed by atoms with E-state index in [2.05, 4.69) is 20.3 Å². The molecule has 100 valence electrons. The second-order valence-electron chi connectivity index (χ2n) is 4.14. The van der Waals surface area contributed by atoms with Gasteiger partial charge in [-0.25, -0.2) is 4.79 Å². The lowest BCUT2D eigenvalue weighted by molar-refractivity contribution is -0.141. The first-order valence-corrected chi connectivity index (χ1v) is 5.82. The highest BCUT2D eigenvalue weighted by Crippen LogP contribution is 2.18. The van der Waals surface area contributed by atoms with Crippen LogP contribution >= 0.6 is 0 Å². The number of carbonyl (C=O) groups excluding carboxylic acids is 1. The van der Waals surface area contributed by atoms with Crippen LogP contribution in [0.2, 0.25) is 0 Å². The summed E-state index contributed by atoms with van der Waals surface area (Å²) in [5.74, 6) is -0.320. The van der Waals surface area contributed by atoms with Crippen molar-refractivity contribution in [3.05, 3.63) is 40.7 Å². The van der Waals surface area contributed by atoms with Gasteiger partial charge in [-0.2, -0.15) is 0 Å². The number of esters is 1. The molecule has 1 atom stereocenters. The maximum Gasteiger partial charge on any atom is 0.327 e. The van der Waals surface area contributed by atoms with E-state index in [1.54, 1.807) is 6.92 Å². The smallest absolute Gasteiger partial charge is 0.327 e. The summed E-state index contributed by atoms with van der Waals surface area (Å²) in [5.41, 5.74) is 2.24. The summed E-state index contributed by atoms with van der Waals surface area (Å²) < 4.78 is 4.63. The summed E-state index contributed by atoms with van der Waals surface area (Å²) in [6, 6.07) is 8.44. The van der Waals surface area contributed by atoms with Crippen LogP contribution < -0.4 is 10.9 Å². The Kier molecular flexibility index (Phi) is 3.70. The van der Waals surface area contributed by atoms with Crippen LogP contribution in [0.5, 0.6) is 0 Å². The van der Waals surface area contributed by atoms with Crippen LogP contribution in [-0.4, -0.2) is 29.3 Å². The van der Waals surface area contributed by atoms with Gasteiger partial charge in [0.25, 0.3) is 5.56 Å². The van der Waals surface area contributed by atoms with E-state index < -0.39 is 6.04 Å². The first kappa shape index (κ1) is 12.9. The fourth-order valence-corrected chi connectivity index (χ4v) is 1.72. The monoisotopic (exact) mass is 261 g/mol. The third-order valence-electron chi connectivity index (χ3n) is 2.73. The normalized spacial score (nSPS) is 11.9. The van der Waals surface area contributed by atoms with Crippen molar-refractivity contribution in [2.24, 2.45) is 0 Å². The summed E-state index contributed by atoms with van der Waals surface area (Å²) in [7, 11) is 1.35. The molecular formula is C13H15N3O3. The van der Waals surface area contributed by atoms with E-state index in [1.807, 2.05) is 24.3 Å². The minimum absolute atomic E-state index is 0.170.